The van der Waals surface area contributed by atoms with Gasteiger partial charge in [0.15, 0.2) is 0 Å². The summed E-state index contributed by atoms with van der Waals surface area (Å²) in [5.74, 6) is 0.628. The van der Waals surface area contributed by atoms with Crippen LogP contribution in [0.1, 0.15) is 24.9 Å². The number of benzene rings is 1. The molecular weight excluding hydrogens is 291 g/mol. The number of nitrogens with zero attached hydrogens (tertiary/aromatic N) is 1. The molecule has 0 radical (unpaired) electrons. The zero-order valence-electron chi connectivity index (χ0n) is 10.4. The summed E-state index contributed by atoms with van der Waals surface area (Å²) in [7, 11) is 0. The van der Waals surface area contributed by atoms with Crippen molar-refractivity contribution in [1.29, 1.82) is 0 Å². The zero-order chi connectivity index (χ0) is 12.4. The van der Waals surface area contributed by atoms with E-state index in [1.165, 1.54) is 6.42 Å². The number of rotatable bonds is 3. The molecule has 1 aromatic carbocycles. The highest BCUT2D eigenvalue weighted by molar-refractivity contribution is 6.35. The van der Waals surface area contributed by atoms with Crippen molar-refractivity contribution in [3.8, 4) is 0 Å². The van der Waals surface area contributed by atoms with Crippen LogP contribution in [-0.2, 0) is 0 Å². The molecule has 5 heteroatoms. The summed E-state index contributed by atoms with van der Waals surface area (Å²) in [5, 5.41) is 1.44. The first-order valence-electron chi connectivity index (χ1n) is 6.01. The number of hydrogen-bond donors (Lipinski definition) is 1. The Morgan fingerprint density at radius 2 is 2.17 bits per heavy atom. The molecule has 0 aromatic heterocycles. The van der Waals surface area contributed by atoms with Gasteiger partial charge in [0.1, 0.15) is 0 Å². The lowest BCUT2D eigenvalue weighted by molar-refractivity contribution is 0.253. The van der Waals surface area contributed by atoms with Crippen molar-refractivity contribution in [1.82, 2.24) is 4.90 Å². The highest BCUT2D eigenvalue weighted by atomic mass is 35.5. The van der Waals surface area contributed by atoms with E-state index in [0.717, 1.165) is 30.2 Å². The summed E-state index contributed by atoms with van der Waals surface area (Å²) in [4.78, 5) is 2.44. The Kier molecular flexibility index (Phi) is 6.22. The standard InChI is InChI=1S/C13H18Cl2N2.ClH/c1-9(17-5-4-10(7-16)8-17)12-3-2-11(14)6-13(12)15;/h2-3,6,9-10H,4-5,7-8,16H2,1H3;1H. The minimum Gasteiger partial charge on any atom is -0.330 e. The highest BCUT2D eigenvalue weighted by Gasteiger charge is 2.26. The molecule has 0 amide bonds. The Morgan fingerprint density at radius 1 is 1.44 bits per heavy atom. The van der Waals surface area contributed by atoms with E-state index in [9.17, 15) is 0 Å². The summed E-state index contributed by atoms with van der Waals surface area (Å²) in [5.41, 5.74) is 6.86. The molecule has 1 fully saturated rings. The van der Waals surface area contributed by atoms with Crippen molar-refractivity contribution in [2.75, 3.05) is 19.6 Å². The minimum atomic E-state index is 0. The first-order valence-corrected chi connectivity index (χ1v) is 6.76. The fraction of sp³-hybridized carbons (Fsp3) is 0.538. The third kappa shape index (κ3) is 3.52. The van der Waals surface area contributed by atoms with Gasteiger partial charge in [-0.25, -0.2) is 0 Å². The third-order valence-electron chi connectivity index (χ3n) is 3.61. The molecule has 102 valence electrons. The van der Waals surface area contributed by atoms with E-state index in [2.05, 4.69) is 11.8 Å². The van der Waals surface area contributed by atoms with Crippen LogP contribution in [0.4, 0.5) is 0 Å². The van der Waals surface area contributed by atoms with Gasteiger partial charge in [-0.3, -0.25) is 4.90 Å². The van der Waals surface area contributed by atoms with Crippen LogP contribution in [0.2, 0.25) is 10.0 Å². The molecule has 0 spiro atoms. The Labute approximate surface area is 125 Å². The smallest absolute Gasteiger partial charge is 0.0468 e. The van der Waals surface area contributed by atoms with Gasteiger partial charge in [0, 0.05) is 22.6 Å². The second-order valence-electron chi connectivity index (χ2n) is 4.73. The van der Waals surface area contributed by atoms with Crippen LogP contribution in [0.3, 0.4) is 0 Å². The van der Waals surface area contributed by atoms with Gasteiger partial charge in [0.05, 0.1) is 0 Å². The second-order valence-corrected chi connectivity index (χ2v) is 5.57. The van der Waals surface area contributed by atoms with Gasteiger partial charge in [0.25, 0.3) is 0 Å². The lowest BCUT2D eigenvalue weighted by Gasteiger charge is -2.25. The van der Waals surface area contributed by atoms with Crippen LogP contribution in [0.25, 0.3) is 0 Å². The molecule has 0 aliphatic carbocycles. The lowest BCUT2D eigenvalue weighted by atomic mass is 10.1. The van der Waals surface area contributed by atoms with E-state index in [1.54, 1.807) is 0 Å². The predicted octanol–water partition coefficient (Wildman–Crippen LogP) is 3.76. The second kappa shape index (κ2) is 6.97. The molecule has 0 bridgehead atoms. The number of likely N-dealkylation sites (tertiary alicyclic amines) is 1. The maximum atomic E-state index is 6.24. The van der Waals surface area contributed by atoms with Crippen LogP contribution in [-0.4, -0.2) is 24.5 Å². The van der Waals surface area contributed by atoms with Crippen LogP contribution >= 0.6 is 35.6 Å². The summed E-state index contributed by atoms with van der Waals surface area (Å²) in [6, 6.07) is 6.06. The van der Waals surface area contributed by atoms with E-state index < -0.39 is 0 Å². The zero-order valence-corrected chi connectivity index (χ0v) is 12.7. The van der Waals surface area contributed by atoms with E-state index in [4.69, 9.17) is 28.9 Å². The molecule has 18 heavy (non-hydrogen) atoms. The normalized spacial score (nSPS) is 21.7. The molecule has 1 saturated heterocycles. The summed E-state index contributed by atoms with van der Waals surface area (Å²) >= 11 is 12.1. The van der Waals surface area contributed by atoms with Crippen molar-refractivity contribution in [3.05, 3.63) is 33.8 Å². The molecule has 2 unspecified atom stereocenters. The number of nitrogens with two attached hydrogens (primary N) is 1. The Morgan fingerprint density at radius 3 is 2.72 bits per heavy atom. The lowest BCUT2D eigenvalue weighted by Crippen LogP contribution is -2.26. The Balaban J connectivity index is 0.00000162. The van der Waals surface area contributed by atoms with E-state index in [1.807, 2.05) is 18.2 Å². The Hall–Kier alpha value is 0.01000. The highest BCUT2D eigenvalue weighted by Crippen LogP contribution is 2.32. The quantitative estimate of drug-likeness (QED) is 0.921. The fourth-order valence-corrected chi connectivity index (χ4v) is 3.01. The van der Waals surface area contributed by atoms with E-state index >= 15 is 0 Å². The van der Waals surface area contributed by atoms with Gasteiger partial charge in [-0.1, -0.05) is 29.3 Å². The first kappa shape index (κ1) is 16.1. The maximum Gasteiger partial charge on any atom is 0.0468 e. The maximum absolute atomic E-state index is 6.24. The molecule has 1 aliphatic heterocycles. The summed E-state index contributed by atoms with van der Waals surface area (Å²) in [6.07, 6.45) is 1.19. The molecule has 2 rings (SSSR count). The van der Waals surface area contributed by atoms with Crippen LogP contribution in [0, 0.1) is 5.92 Å². The van der Waals surface area contributed by atoms with Crippen LogP contribution in [0.5, 0.6) is 0 Å². The summed E-state index contributed by atoms with van der Waals surface area (Å²) in [6.45, 7) is 5.13. The van der Waals surface area contributed by atoms with Gasteiger partial charge < -0.3 is 5.73 Å². The fourth-order valence-electron chi connectivity index (χ4n) is 2.44. The van der Waals surface area contributed by atoms with Crippen LogP contribution in [0.15, 0.2) is 18.2 Å². The molecule has 1 heterocycles. The molecular formula is C13H19Cl3N2. The molecule has 0 saturated carbocycles. The molecule has 2 atom stereocenters. The van der Waals surface area contributed by atoms with Gasteiger partial charge in [0.2, 0.25) is 0 Å². The van der Waals surface area contributed by atoms with Gasteiger partial charge >= 0.3 is 0 Å². The predicted molar refractivity (Wildman–Crippen MR) is 80.9 cm³/mol. The van der Waals surface area contributed by atoms with E-state index in [-0.39, 0.29) is 12.4 Å². The minimum absolute atomic E-state index is 0. The molecule has 1 aliphatic rings. The van der Waals surface area contributed by atoms with Gasteiger partial charge in [-0.2, -0.15) is 0 Å². The van der Waals surface area contributed by atoms with Gasteiger partial charge in [-0.15, -0.1) is 12.4 Å². The largest absolute Gasteiger partial charge is 0.330 e. The monoisotopic (exact) mass is 308 g/mol. The molecule has 2 N–H and O–H groups in total. The van der Waals surface area contributed by atoms with Crippen molar-refractivity contribution < 1.29 is 0 Å². The molecule has 1 aromatic rings. The average molecular weight is 310 g/mol. The summed E-state index contributed by atoms with van der Waals surface area (Å²) < 4.78 is 0. The number of hydrogen-bond acceptors (Lipinski definition) is 2. The topological polar surface area (TPSA) is 29.3 Å². The Bertz CT molecular complexity index is 398. The van der Waals surface area contributed by atoms with Crippen molar-refractivity contribution in [2.24, 2.45) is 11.7 Å². The SMILES string of the molecule is CC(c1ccc(Cl)cc1Cl)N1CCC(CN)C1.Cl. The van der Waals surface area contributed by atoms with Gasteiger partial charge in [-0.05, 0) is 50.0 Å². The average Bonchev–Trinajstić information content (AvgIpc) is 2.76. The van der Waals surface area contributed by atoms with Crippen molar-refractivity contribution in [2.45, 2.75) is 19.4 Å². The van der Waals surface area contributed by atoms with E-state index in [0.29, 0.717) is 17.0 Å². The molecule has 2 nitrogen and oxygen atoms in total. The third-order valence-corrected chi connectivity index (χ3v) is 4.17. The van der Waals surface area contributed by atoms with Crippen molar-refractivity contribution in [3.63, 3.8) is 0 Å². The number of halogens is 3. The van der Waals surface area contributed by atoms with Crippen molar-refractivity contribution >= 4 is 35.6 Å². The first-order chi connectivity index (χ1) is 8.11. The van der Waals surface area contributed by atoms with Crippen LogP contribution < -0.4 is 5.73 Å².